The third kappa shape index (κ3) is 2.92. The zero-order valence-electron chi connectivity index (χ0n) is 10.5. The van der Waals surface area contributed by atoms with Gasteiger partial charge in [0.1, 0.15) is 0 Å². The first-order valence-electron chi connectivity index (χ1n) is 6.13. The Kier molecular flexibility index (Phi) is 3.72. The fourth-order valence-corrected chi connectivity index (χ4v) is 2.24. The van der Waals surface area contributed by atoms with Crippen LogP contribution in [0.25, 0.3) is 0 Å². The molecule has 1 aromatic rings. The molecule has 2 atom stereocenters. The van der Waals surface area contributed by atoms with Gasteiger partial charge in [-0.3, -0.25) is 4.79 Å². The van der Waals surface area contributed by atoms with E-state index in [-0.39, 0.29) is 6.10 Å². The van der Waals surface area contributed by atoms with Gasteiger partial charge in [-0.25, -0.2) is 0 Å². The molecule has 0 radical (unpaired) electrons. The van der Waals surface area contributed by atoms with Crippen molar-refractivity contribution >= 4 is 17.3 Å². The van der Waals surface area contributed by atoms with E-state index >= 15 is 0 Å². The van der Waals surface area contributed by atoms with E-state index in [2.05, 4.69) is 5.32 Å². The molecule has 18 heavy (non-hydrogen) atoms. The van der Waals surface area contributed by atoms with Crippen LogP contribution in [0.3, 0.4) is 0 Å². The van der Waals surface area contributed by atoms with Gasteiger partial charge in [0.2, 0.25) is 0 Å². The average Bonchev–Trinajstić information content (AvgIpc) is 2.31. The summed E-state index contributed by atoms with van der Waals surface area (Å²) in [5, 5.41) is 3.35. The van der Waals surface area contributed by atoms with Gasteiger partial charge < -0.3 is 21.5 Å². The third-order valence-corrected chi connectivity index (χ3v) is 3.15. The molecule has 0 aliphatic carbocycles. The van der Waals surface area contributed by atoms with Crippen molar-refractivity contribution in [2.45, 2.75) is 31.9 Å². The van der Waals surface area contributed by atoms with Crippen molar-refractivity contribution in [3.05, 3.63) is 23.8 Å². The third-order valence-electron chi connectivity index (χ3n) is 3.15. The molecule has 98 valence electrons. The quantitative estimate of drug-likeness (QED) is 0.705. The highest BCUT2D eigenvalue weighted by Gasteiger charge is 2.20. The molecule has 5 N–H and O–H groups in total. The molecule has 1 aliphatic heterocycles. The smallest absolute Gasteiger partial charge is 0.250 e. The Labute approximate surface area is 106 Å². The van der Waals surface area contributed by atoms with Crippen LogP contribution in [0, 0.1) is 0 Å². The number of benzene rings is 1. The van der Waals surface area contributed by atoms with Crippen LogP contribution < -0.4 is 16.8 Å². The average molecular weight is 249 g/mol. The zero-order valence-corrected chi connectivity index (χ0v) is 10.5. The SMILES string of the molecule is CC1CC(Nc2ccc(N)cc2C(N)=O)CCO1. The maximum Gasteiger partial charge on any atom is 0.250 e. The van der Waals surface area contributed by atoms with E-state index in [1.165, 1.54) is 0 Å². The lowest BCUT2D eigenvalue weighted by Crippen LogP contribution is -2.33. The first-order chi connectivity index (χ1) is 8.56. The van der Waals surface area contributed by atoms with Crippen LogP contribution in [-0.2, 0) is 4.74 Å². The van der Waals surface area contributed by atoms with E-state index in [9.17, 15) is 4.79 Å². The second-order valence-electron chi connectivity index (χ2n) is 4.72. The fraction of sp³-hybridized carbons (Fsp3) is 0.462. The van der Waals surface area contributed by atoms with Gasteiger partial charge in [0.05, 0.1) is 11.7 Å². The molecule has 0 spiro atoms. The summed E-state index contributed by atoms with van der Waals surface area (Å²) in [5.41, 5.74) is 12.7. The van der Waals surface area contributed by atoms with Crippen molar-refractivity contribution in [1.29, 1.82) is 0 Å². The number of amides is 1. The van der Waals surface area contributed by atoms with Crippen LogP contribution in [0.2, 0.25) is 0 Å². The Morgan fingerprint density at radius 1 is 1.50 bits per heavy atom. The van der Waals surface area contributed by atoms with Gasteiger partial charge in [-0.2, -0.15) is 0 Å². The summed E-state index contributed by atoms with van der Waals surface area (Å²) < 4.78 is 5.49. The maximum atomic E-state index is 11.4. The number of hydrogen-bond donors (Lipinski definition) is 3. The van der Waals surface area contributed by atoms with Crippen molar-refractivity contribution in [3.8, 4) is 0 Å². The molecular weight excluding hydrogens is 230 g/mol. The minimum atomic E-state index is -0.468. The number of rotatable bonds is 3. The maximum absolute atomic E-state index is 11.4. The summed E-state index contributed by atoms with van der Waals surface area (Å²) >= 11 is 0. The lowest BCUT2D eigenvalue weighted by molar-refractivity contribution is 0.0232. The molecule has 0 bridgehead atoms. The number of carbonyl (C=O) groups is 1. The molecule has 1 aliphatic rings. The number of carbonyl (C=O) groups excluding carboxylic acids is 1. The molecule has 2 rings (SSSR count). The van der Waals surface area contributed by atoms with E-state index in [1.807, 2.05) is 6.92 Å². The predicted molar refractivity (Wildman–Crippen MR) is 71.4 cm³/mol. The van der Waals surface area contributed by atoms with Crippen LogP contribution in [0.1, 0.15) is 30.1 Å². The Balaban J connectivity index is 2.15. The van der Waals surface area contributed by atoms with Crippen LogP contribution in [0.15, 0.2) is 18.2 Å². The summed E-state index contributed by atoms with van der Waals surface area (Å²) in [6.07, 6.45) is 2.08. The zero-order chi connectivity index (χ0) is 13.1. The summed E-state index contributed by atoms with van der Waals surface area (Å²) in [6, 6.07) is 5.47. The van der Waals surface area contributed by atoms with Gasteiger partial charge in [0.15, 0.2) is 0 Å². The molecule has 2 unspecified atom stereocenters. The Morgan fingerprint density at radius 3 is 2.94 bits per heavy atom. The van der Waals surface area contributed by atoms with E-state index < -0.39 is 5.91 Å². The first-order valence-corrected chi connectivity index (χ1v) is 6.13. The second kappa shape index (κ2) is 5.27. The molecule has 1 saturated heterocycles. The fourth-order valence-electron chi connectivity index (χ4n) is 2.24. The van der Waals surface area contributed by atoms with Gasteiger partial charge in [-0.1, -0.05) is 0 Å². The topological polar surface area (TPSA) is 90.4 Å². The van der Waals surface area contributed by atoms with E-state index in [0.717, 1.165) is 25.1 Å². The van der Waals surface area contributed by atoms with E-state index in [4.69, 9.17) is 16.2 Å². The van der Waals surface area contributed by atoms with E-state index in [1.54, 1.807) is 18.2 Å². The highest BCUT2D eigenvalue weighted by molar-refractivity contribution is 5.99. The Bertz CT molecular complexity index is 448. The molecule has 5 nitrogen and oxygen atoms in total. The number of nitrogens with two attached hydrogens (primary N) is 2. The van der Waals surface area contributed by atoms with Gasteiger partial charge in [0.25, 0.3) is 5.91 Å². The number of primary amides is 1. The molecule has 1 amide bonds. The number of nitrogen functional groups attached to an aromatic ring is 1. The summed E-state index contributed by atoms with van der Waals surface area (Å²) in [6.45, 7) is 2.78. The van der Waals surface area contributed by atoms with Crippen molar-refractivity contribution < 1.29 is 9.53 Å². The minimum absolute atomic E-state index is 0.238. The standard InChI is InChI=1S/C13H19N3O2/c1-8-6-10(4-5-18-8)16-12-3-2-9(14)7-11(12)13(15)17/h2-3,7-8,10,16H,4-6,14H2,1H3,(H2,15,17). The lowest BCUT2D eigenvalue weighted by atomic mass is 10.0. The second-order valence-corrected chi connectivity index (χ2v) is 4.72. The summed E-state index contributed by atoms with van der Waals surface area (Å²) in [7, 11) is 0. The number of hydrogen-bond acceptors (Lipinski definition) is 4. The van der Waals surface area contributed by atoms with Crippen LogP contribution in [0.4, 0.5) is 11.4 Å². The molecule has 1 aromatic carbocycles. The van der Waals surface area contributed by atoms with Crippen LogP contribution in [-0.4, -0.2) is 24.7 Å². The van der Waals surface area contributed by atoms with Crippen molar-refractivity contribution in [2.75, 3.05) is 17.7 Å². The van der Waals surface area contributed by atoms with Crippen molar-refractivity contribution in [3.63, 3.8) is 0 Å². The monoisotopic (exact) mass is 249 g/mol. The Hall–Kier alpha value is -1.75. The molecular formula is C13H19N3O2. The number of ether oxygens (including phenoxy) is 1. The molecule has 1 fully saturated rings. The molecule has 5 heteroatoms. The van der Waals surface area contributed by atoms with Crippen molar-refractivity contribution in [2.24, 2.45) is 5.73 Å². The lowest BCUT2D eigenvalue weighted by Gasteiger charge is -2.29. The summed E-state index contributed by atoms with van der Waals surface area (Å²) in [4.78, 5) is 11.4. The number of nitrogens with one attached hydrogen (secondary N) is 1. The van der Waals surface area contributed by atoms with Gasteiger partial charge in [0, 0.05) is 24.0 Å². The summed E-state index contributed by atoms with van der Waals surface area (Å²) in [5.74, 6) is -0.468. The van der Waals surface area contributed by atoms with Crippen molar-refractivity contribution in [1.82, 2.24) is 0 Å². The Morgan fingerprint density at radius 2 is 2.28 bits per heavy atom. The van der Waals surface area contributed by atoms with Gasteiger partial charge >= 0.3 is 0 Å². The number of anilines is 2. The van der Waals surface area contributed by atoms with Gasteiger partial charge in [-0.15, -0.1) is 0 Å². The first kappa shape index (κ1) is 12.7. The largest absolute Gasteiger partial charge is 0.399 e. The van der Waals surface area contributed by atoms with Crippen LogP contribution in [0.5, 0.6) is 0 Å². The highest BCUT2D eigenvalue weighted by Crippen LogP contribution is 2.23. The van der Waals surface area contributed by atoms with E-state index in [0.29, 0.717) is 17.3 Å². The molecule has 0 saturated carbocycles. The predicted octanol–water partition coefficient (Wildman–Crippen LogP) is 1.35. The molecule has 0 aromatic heterocycles. The minimum Gasteiger partial charge on any atom is -0.399 e. The highest BCUT2D eigenvalue weighted by atomic mass is 16.5. The van der Waals surface area contributed by atoms with Gasteiger partial charge in [-0.05, 0) is 38.0 Å². The molecule has 1 heterocycles. The normalized spacial score (nSPS) is 23.6. The van der Waals surface area contributed by atoms with Crippen LogP contribution >= 0.6 is 0 Å².